The Balaban J connectivity index is 1.35. The Labute approximate surface area is 266 Å². The number of para-hydroxylation sites is 3. The lowest BCUT2D eigenvalue weighted by Crippen LogP contribution is -2.31. The van der Waals surface area contributed by atoms with Crippen molar-refractivity contribution in [2.24, 2.45) is 0 Å². The maximum absolute atomic E-state index is 13.3. The van der Waals surface area contributed by atoms with Crippen LogP contribution in [0.2, 0.25) is 0 Å². The third kappa shape index (κ3) is 8.93. The molecule has 2 atom stereocenters. The van der Waals surface area contributed by atoms with Gasteiger partial charge in [-0.15, -0.1) is 0 Å². The molecule has 0 radical (unpaired) electrons. The van der Waals surface area contributed by atoms with Gasteiger partial charge >= 0.3 is 6.09 Å². The zero-order valence-electron chi connectivity index (χ0n) is 25.0. The number of fused-ring (bicyclic) bond motifs is 1. The summed E-state index contributed by atoms with van der Waals surface area (Å²) in [6, 6.07) is 28.3. The minimum atomic E-state index is -0.868. The molecule has 238 valence electrons. The molecule has 46 heavy (non-hydrogen) atoms. The molecule has 0 saturated heterocycles. The average Bonchev–Trinajstić information content (AvgIpc) is 3.54. The molecular formula is C35H35N3O8. The second kappa shape index (κ2) is 15.9. The summed E-state index contributed by atoms with van der Waals surface area (Å²) in [4.78, 5) is 25.8. The highest BCUT2D eigenvalue weighted by atomic mass is 16.7. The van der Waals surface area contributed by atoms with Gasteiger partial charge in [0.2, 0.25) is 12.7 Å². The number of anilines is 3. The topological polar surface area (TPSA) is 151 Å². The fourth-order valence-electron chi connectivity index (χ4n) is 4.69. The number of benzene rings is 4. The first-order chi connectivity index (χ1) is 22.5. The highest BCUT2D eigenvalue weighted by molar-refractivity contribution is 6.01. The van der Waals surface area contributed by atoms with Gasteiger partial charge in [-0.25, -0.2) is 4.79 Å². The third-order valence-electron chi connectivity index (χ3n) is 6.90. The summed E-state index contributed by atoms with van der Waals surface area (Å²) in [6.07, 6.45) is 1.74. The molecular weight excluding hydrogens is 590 g/mol. The molecule has 5 rings (SSSR count). The van der Waals surface area contributed by atoms with Crippen molar-refractivity contribution in [1.29, 1.82) is 0 Å². The van der Waals surface area contributed by atoms with E-state index in [1.807, 2.05) is 30.3 Å². The molecule has 1 aliphatic rings. The van der Waals surface area contributed by atoms with Crippen LogP contribution < -0.4 is 35.3 Å². The number of aliphatic hydroxyl groups excluding tert-OH is 1. The molecule has 4 aromatic carbocycles. The second-order valence-electron chi connectivity index (χ2n) is 10.2. The smallest absolute Gasteiger partial charge is 0.412 e. The Morgan fingerprint density at radius 1 is 0.891 bits per heavy atom. The number of carbonyl (C=O) groups excluding carboxylic acids is 2. The number of nitrogens with one attached hydrogen (secondary N) is 2. The van der Waals surface area contributed by atoms with Crippen LogP contribution in [0, 0.1) is 0 Å². The second-order valence-corrected chi connectivity index (χ2v) is 10.2. The first kappa shape index (κ1) is 31.7. The van der Waals surface area contributed by atoms with Crippen LogP contribution >= 0.6 is 0 Å². The van der Waals surface area contributed by atoms with E-state index in [0.717, 1.165) is 0 Å². The monoisotopic (exact) mass is 625 g/mol. The van der Waals surface area contributed by atoms with Crippen LogP contribution in [0.4, 0.5) is 21.9 Å². The summed E-state index contributed by atoms with van der Waals surface area (Å²) in [5.41, 5.74) is 8.05. The maximum Gasteiger partial charge on any atom is 0.412 e. The molecule has 11 nitrogen and oxygen atoms in total. The van der Waals surface area contributed by atoms with Crippen molar-refractivity contribution in [2.75, 3.05) is 36.4 Å². The van der Waals surface area contributed by atoms with Gasteiger partial charge in [0.15, 0.2) is 17.6 Å². The molecule has 0 aromatic heterocycles. The summed E-state index contributed by atoms with van der Waals surface area (Å²) >= 11 is 0. The number of nitrogens with two attached hydrogens (primary N) is 1. The Bertz CT molecular complexity index is 1630. The summed E-state index contributed by atoms with van der Waals surface area (Å²) in [5, 5.41) is 14.6. The number of nitrogen functional groups attached to an aromatic ring is 1. The average molecular weight is 626 g/mol. The Kier molecular flexibility index (Phi) is 10.9. The zero-order chi connectivity index (χ0) is 32.1. The molecule has 0 saturated carbocycles. The molecule has 0 fully saturated rings. The predicted molar refractivity (Wildman–Crippen MR) is 173 cm³/mol. The highest BCUT2D eigenvalue weighted by Gasteiger charge is 2.29. The van der Waals surface area contributed by atoms with Gasteiger partial charge in [0.25, 0.3) is 0 Å². The zero-order valence-corrected chi connectivity index (χ0v) is 25.0. The predicted octanol–water partition coefficient (Wildman–Crippen LogP) is 6.08. The number of hydrogen-bond acceptors (Lipinski definition) is 9. The van der Waals surface area contributed by atoms with E-state index in [1.54, 1.807) is 72.8 Å². The van der Waals surface area contributed by atoms with Gasteiger partial charge in [0.05, 0.1) is 18.0 Å². The van der Waals surface area contributed by atoms with E-state index < -0.39 is 18.3 Å². The minimum absolute atomic E-state index is 0.109. The van der Waals surface area contributed by atoms with Gasteiger partial charge in [0, 0.05) is 11.8 Å². The van der Waals surface area contributed by atoms with Crippen molar-refractivity contribution in [1.82, 2.24) is 0 Å². The normalized spacial score (nSPS) is 13.1. The standard InChI is InChI=1S/C35H35N3O8/c36-28-10-4-5-11-29(28)38-33(40)13-7-6-12-31(45-27-8-2-1-3-9-27)34(24-14-17-26(18-15-24)42-21-20-39)46-35(41)37-25-16-19-30-32(22-25)44-23-43-30/h1-5,7-11,13-19,22,31,34,39H,6,12,20-21,23,36H2,(H,37,41)(H,38,40)/b13-7+/t31-,34-/m1/s1. The van der Waals surface area contributed by atoms with Crippen LogP contribution in [-0.4, -0.2) is 43.2 Å². The molecule has 4 aromatic rings. The summed E-state index contributed by atoms with van der Waals surface area (Å²) in [7, 11) is 0. The largest absolute Gasteiger partial charge is 0.491 e. The molecule has 0 aliphatic carbocycles. The van der Waals surface area contributed by atoms with Crippen molar-refractivity contribution < 1.29 is 38.4 Å². The minimum Gasteiger partial charge on any atom is -0.491 e. The first-order valence-corrected chi connectivity index (χ1v) is 14.7. The van der Waals surface area contributed by atoms with Crippen LogP contribution in [-0.2, 0) is 9.53 Å². The van der Waals surface area contributed by atoms with Gasteiger partial charge in [-0.05, 0) is 73.0 Å². The van der Waals surface area contributed by atoms with Crippen LogP contribution in [0.25, 0.3) is 0 Å². The van der Waals surface area contributed by atoms with E-state index >= 15 is 0 Å². The van der Waals surface area contributed by atoms with E-state index in [-0.39, 0.29) is 25.9 Å². The van der Waals surface area contributed by atoms with Crippen molar-refractivity contribution in [2.45, 2.75) is 25.0 Å². The van der Waals surface area contributed by atoms with Crippen LogP contribution in [0.3, 0.4) is 0 Å². The lowest BCUT2D eigenvalue weighted by Gasteiger charge is -2.28. The Morgan fingerprint density at radius 3 is 2.43 bits per heavy atom. The van der Waals surface area contributed by atoms with Gasteiger partial charge in [-0.1, -0.05) is 48.5 Å². The lowest BCUT2D eigenvalue weighted by atomic mass is 10.00. The number of aliphatic hydroxyl groups is 1. The van der Waals surface area contributed by atoms with Crippen LogP contribution in [0.15, 0.2) is 109 Å². The Hall–Kier alpha value is -5.68. The molecule has 0 spiro atoms. The van der Waals surface area contributed by atoms with Gasteiger partial charge in [0.1, 0.15) is 24.2 Å². The van der Waals surface area contributed by atoms with E-state index in [4.69, 9.17) is 34.5 Å². The number of carbonyl (C=O) groups is 2. The lowest BCUT2D eigenvalue weighted by molar-refractivity contribution is -0.111. The van der Waals surface area contributed by atoms with E-state index in [9.17, 15) is 9.59 Å². The van der Waals surface area contributed by atoms with Crippen molar-refractivity contribution in [3.05, 3.63) is 115 Å². The van der Waals surface area contributed by atoms with Gasteiger partial charge in [-0.2, -0.15) is 0 Å². The van der Waals surface area contributed by atoms with Crippen molar-refractivity contribution >= 4 is 29.1 Å². The van der Waals surface area contributed by atoms with Crippen molar-refractivity contribution in [3.8, 4) is 23.0 Å². The molecule has 1 heterocycles. The van der Waals surface area contributed by atoms with E-state index in [2.05, 4.69) is 10.6 Å². The first-order valence-electron chi connectivity index (χ1n) is 14.7. The maximum atomic E-state index is 13.3. The summed E-state index contributed by atoms with van der Waals surface area (Å²) < 4.78 is 28.7. The number of amides is 2. The Morgan fingerprint density at radius 2 is 1.65 bits per heavy atom. The molecule has 1 aliphatic heterocycles. The summed E-state index contributed by atoms with van der Waals surface area (Å²) in [5.74, 6) is 1.92. The van der Waals surface area contributed by atoms with Crippen LogP contribution in [0.1, 0.15) is 24.5 Å². The fourth-order valence-corrected chi connectivity index (χ4v) is 4.69. The molecule has 5 N–H and O–H groups in total. The summed E-state index contributed by atoms with van der Waals surface area (Å²) in [6.45, 7) is 0.136. The molecule has 0 bridgehead atoms. The third-order valence-corrected chi connectivity index (χ3v) is 6.90. The van der Waals surface area contributed by atoms with Crippen molar-refractivity contribution in [3.63, 3.8) is 0 Å². The number of allylic oxidation sites excluding steroid dienone is 1. The number of hydrogen-bond donors (Lipinski definition) is 4. The SMILES string of the molecule is Nc1ccccc1NC(=O)/C=C/CC[C@@H](Oc1ccccc1)[C@H](OC(=O)Nc1ccc2c(c1)OCO2)c1ccc(OCCO)cc1. The van der Waals surface area contributed by atoms with E-state index in [1.165, 1.54) is 6.08 Å². The highest BCUT2D eigenvalue weighted by Crippen LogP contribution is 2.35. The van der Waals surface area contributed by atoms with Crippen LogP contribution in [0.5, 0.6) is 23.0 Å². The number of rotatable bonds is 14. The van der Waals surface area contributed by atoms with E-state index in [0.29, 0.717) is 58.5 Å². The molecule has 0 unspecified atom stereocenters. The number of ether oxygens (including phenoxy) is 5. The van der Waals surface area contributed by atoms with Gasteiger partial charge in [-0.3, -0.25) is 10.1 Å². The fraction of sp³-hybridized carbons (Fsp3) is 0.200. The molecule has 11 heteroatoms. The van der Waals surface area contributed by atoms with Gasteiger partial charge < -0.3 is 39.8 Å². The quantitative estimate of drug-likeness (QED) is 0.0965. The molecule has 2 amide bonds.